The first kappa shape index (κ1) is 11.5. The molecule has 0 aromatic heterocycles. The van der Waals surface area contributed by atoms with Crippen LogP contribution in [0.25, 0.3) is 11.6 Å². The van der Waals surface area contributed by atoms with Gasteiger partial charge in [0.15, 0.2) is 0 Å². The Morgan fingerprint density at radius 2 is 1.95 bits per heavy atom. The molecule has 3 rings (SSSR count). The van der Waals surface area contributed by atoms with Crippen LogP contribution in [0.5, 0.6) is 5.75 Å². The fourth-order valence-corrected chi connectivity index (χ4v) is 2.23. The minimum atomic E-state index is -0.137. The number of phenols is 1. The molecule has 3 nitrogen and oxygen atoms in total. The molecule has 94 valence electrons. The molecule has 0 bridgehead atoms. The Morgan fingerprint density at radius 1 is 1.16 bits per heavy atom. The molecule has 0 fully saturated rings. The number of nitrogens with one attached hydrogen (secondary N) is 1. The highest BCUT2D eigenvalue weighted by atomic mass is 16.3. The molecule has 0 atom stereocenters. The monoisotopic (exact) mass is 251 g/mol. The van der Waals surface area contributed by atoms with Crippen LogP contribution < -0.4 is 5.32 Å². The smallest absolute Gasteiger partial charge is 0.256 e. The zero-order valence-electron chi connectivity index (χ0n) is 10.5. The number of aryl methyl sites for hydroxylation is 1. The van der Waals surface area contributed by atoms with Crippen molar-refractivity contribution in [2.45, 2.75) is 6.92 Å². The van der Waals surface area contributed by atoms with Crippen LogP contribution in [-0.2, 0) is 4.79 Å². The second kappa shape index (κ2) is 4.28. The lowest BCUT2D eigenvalue weighted by atomic mass is 10.0. The molecule has 1 heterocycles. The van der Waals surface area contributed by atoms with Gasteiger partial charge in [0.05, 0.1) is 0 Å². The van der Waals surface area contributed by atoms with Crippen LogP contribution in [0.4, 0.5) is 5.69 Å². The fraction of sp³-hybridized carbons (Fsp3) is 0.0625. The van der Waals surface area contributed by atoms with Crippen molar-refractivity contribution in [1.82, 2.24) is 0 Å². The van der Waals surface area contributed by atoms with Gasteiger partial charge in [-0.15, -0.1) is 0 Å². The maximum Gasteiger partial charge on any atom is 0.256 e. The molecule has 2 N–H and O–H groups in total. The Morgan fingerprint density at radius 3 is 2.79 bits per heavy atom. The third-order valence-electron chi connectivity index (χ3n) is 3.19. The van der Waals surface area contributed by atoms with E-state index in [1.165, 1.54) is 0 Å². The number of anilines is 1. The molecular weight excluding hydrogens is 238 g/mol. The van der Waals surface area contributed by atoms with Crippen molar-refractivity contribution in [3.05, 3.63) is 59.2 Å². The van der Waals surface area contributed by atoms with Gasteiger partial charge in [-0.1, -0.05) is 29.8 Å². The van der Waals surface area contributed by atoms with Gasteiger partial charge in [-0.3, -0.25) is 4.79 Å². The summed E-state index contributed by atoms with van der Waals surface area (Å²) >= 11 is 0. The summed E-state index contributed by atoms with van der Waals surface area (Å²) < 4.78 is 0. The Kier molecular flexibility index (Phi) is 2.60. The van der Waals surface area contributed by atoms with Gasteiger partial charge in [0.1, 0.15) is 5.75 Å². The minimum Gasteiger partial charge on any atom is -0.507 e. The molecule has 0 unspecified atom stereocenters. The Balaban J connectivity index is 2.14. The van der Waals surface area contributed by atoms with Crippen molar-refractivity contribution in [2.24, 2.45) is 0 Å². The van der Waals surface area contributed by atoms with E-state index in [-0.39, 0.29) is 11.7 Å². The number of amides is 1. The number of aromatic hydroxyl groups is 1. The Labute approximate surface area is 111 Å². The van der Waals surface area contributed by atoms with E-state index in [2.05, 4.69) is 5.32 Å². The molecule has 1 amide bonds. The highest BCUT2D eigenvalue weighted by Gasteiger charge is 2.23. The Bertz CT molecular complexity index is 702. The summed E-state index contributed by atoms with van der Waals surface area (Å²) in [5, 5.41) is 12.7. The molecule has 0 saturated heterocycles. The third-order valence-corrected chi connectivity index (χ3v) is 3.19. The highest BCUT2D eigenvalue weighted by Crippen LogP contribution is 2.34. The van der Waals surface area contributed by atoms with E-state index in [1.54, 1.807) is 12.1 Å². The van der Waals surface area contributed by atoms with Crippen molar-refractivity contribution in [2.75, 3.05) is 5.32 Å². The van der Waals surface area contributed by atoms with Gasteiger partial charge in [0.25, 0.3) is 5.91 Å². The number of hydrogen-bond acceptors (Lipinski definition) is 2. The van der Waals surface area contributed by atoms with Crippen molar-refractivity contribution in [3.8, 4) is 5.75 Å². The van der Waals surface area contributed by atoms with E-state index in [4.69, 9.17) is 0 Å². The molecule has 0 radical (unpaired) electrons. The third kappa shape index (κ3) is 1.99. The van der Waals surface area contributed by atoms with Crippen LogP contribution in [0.3, 0.4) is 0 Å². The van der Waals surface area contributed by atoms with Crippen molar-refractivity contribution in [3.63, 3.8) is 0 Å². The number of phenolic OH excluding ortho intramolecular Hbond substituents is 1. The number of benzene rings is 2. The molecule has 0 spiro atoms. The SMILES string of the molecule is Cc1ccc(O)c(/C=C2/C(=O)Nc3ccccc32)c1. The summed E-state index contributed by atoms with van der Waals surface area (Å²) in [6.45, 7) is 1.95. The molecule has 2 aromatic carbocycles. The summed E-state index contributed by atoms with van der Waals surface area (Å²) in [4.78, 5) is 12.0. The highest BCUT2D eigenvalue weighted by molar-refractivity contribution is 6.35. The second-order valence-corrected chi connectivity index (χ2v) is 4.62. The maximum absolute atomic E-state index is 12.0. The predicted molar refractivity (Wildman–Crippen MR) is 75.8 cm³/mol. The van der Waals surface area contributed by atoms with Gasteiger partial charge in [-0.2, -0.15) is 0 Å². The van der Waals surface area contributed by atoms with E-state index in [9.17, 15) is 9.90 Å². The molecular formula is C16H13NO2. The van der Waals surface area contributed by atoms with Gasteiger partial charge in [-0.25, -0.2) is 0 Å². The first-order valence-electron chi connectivity index (χ1n) is 6.07. The molecule has 19 heavy (non-hydrogen) atoms. The van der Waals surface area contributed by atoms with Gasteiger partial charge in [0.2, 0.25) is 0 Å². The summed E-state index contributed by atoms with van der Waals surface area (Å²) in [6.07, 6.45) is 1.73. The molecule has 0 saturated carbocycles. The average Bonchev–Trinajstić information content (AvgIpc) is 2.71. The van der Waals surface area contributed by atoms with Crippen molar-refractivity contribution >= 4 is 23.2 Å². The van der Waals surface area contributed by atoms with Crippen molar-refractivity contribution < 1.29 is 9.90 Å². The Hall–Kier alpha value is -2.55. The number of para-hydroxylation sites is 1. The quantitative estimate of drug-likeness (QED) is 0.765. The number of carbonyl (C=O) groups is 1. The predicted octanol–water partition coefficient (Wildman–Crippen LogP) is 3.19. The van der Waals surface area contributed by atoms with Gasteiger partial charge in [-0.05, 0) is 31.2 Å². The molecule has 1 aliphatic rings. The zero-order chi connectivity index (χ0) is 13.4. The van der Waals surface area contributed by atoms with E-state index in [0.29, 0.717) is 11.1 Å². The lowest BCUT2D eigenvalue weighted by molar-refractivity contribution is -0.110. The first-order chi connectivity index (χ1) is 9.15. The van der Waals surface area contributed by atoms with E-state index in [1.807, 2.05) is 43.3 Å². The number of fused-ring (bicyclic) bond motifs is 1. The lowest BCUT2D eigenvalue weighted by Gasteiger charge is -2.02. The standard InChI is InChI=1S/C16H13NO2/c1-10-6-7-15(18)11(8-10)9-13-12-4-2-3-5-14(12)17-16(13)19/h2-9,18H,1H3,(H,17,19)/b13-9+. The molecule has 3 heteroatoms. The average molecular weight is 251 g/mol. The van der Waals surface area contributed by atoms with Gasteiger partial charge in [0, 0.05) is 22.4 Å². The topological polar surface area (TPSA) is 49.3 Å². The van der Waals surface area contributed by atoms with Crippen LogP contribution in [0, 0.1) is 6.92 Å². The van der Waals surface area contributed by atoms with Crippen LogP contribution in [0.1, 0.15) is 16.7 Å². The summed E-state index contributed by atoms with van der Waals surface area (Å²) in [7, 11) is 0. The largest absolute Gasteiger partial charge is 0.507 e. The van der Waals surface area contributed by atoms with Gasteiger partial charge < -0.3 is 10.4 Å². The first-order valence-corrected chi connectivity index (χ1v) is 6.07. The molecule has 0 aliphatic carbocycles. The lowest BCUT2D eigenvalue weighted by Crippen LogP contribution is -2.03. The number of rotatable bonds is 1. The molecule has 1 aliphatic heterocycles. The number of carbonyl (C=O) groups excluding carboxylic acids is 1. The van der Waals surface area contributed by atoms with E-state index >= 15 is 0 Å². The summed E-state index contributed by atoms with van der Waals surface area (Å²) in [5.74, 6) is 0.0392. The van der Waals surface area contributed by atoms with Crippen LogP contribution in [0.2, 0.25) is 0 Å². The van der Waals surface area contributed by atoms with E-state index in [0.717, 1.165) is 16.8 Å². The minimum absolute atomic E-state index is 0.137. The number of hydrogen-bond donors (Lipinski definition) is 2. The fourth-order valence-electron chi connectivity index (χ4n) is 2.23. The molecule has 2 aromatic rings. The normalized spacial score (nSPS) is 15.4. The second-order valence-electron chi connectivity index (χ2n) is 4.62. The zero-order valence-corrected chi connectivity index (χ0v) is 10.5. The summed E-state index contributed by atoms with van der Waals surface area (Å²) in [6, 6.07) is 12.9. The van der Waals surface area contributed by atoms with E-state index < -0.39 is 0 Å². The maximum atomic E-state index is 12.0. The van der Waals surface area contributed by atoms with Crippen molar-refractivity contribution in [1.29, 1.82) is 0 Å². The van der Waals surface area contributed by atoms with Gasteiger partial charge >= 0.3 is 0 Å². The van der Waals surface area contributed by atoms with Crippen LogP contribution >= 0.6 is 0 Å². The van der Waals surface area contributed by atoms with Crippen LogP contribution in [0.15, 0.2) is 42.5 Å². The summed E-state index contributed by atoms with van der Waals surface area (Å²) in [5.41, 5.74) is 3.95. The van der Waals surface area contributed by atoms with Crippen LogP contribution in [-0.4, -0.2) is 11.0 Å².